The number of alkyl halides is 3. The zero-order valence-corrected chi connectivity index (χ0v) is 10.5. The van der Waals surface area contributed by atoms with E-state index in [-0.39, 0.29) is 12.4 Å². The van der Waals surface area contributed by atoms with Crippen molar-refractivity contribution in [1.82, 2.24) is 4.98 Å². The van der Waals surface area contributed by atoms with Crippen LogP contribution < -0.4 is 5.32 Å². The highest BCUT2D eigenvalue weighted by molar-refractivity contribution is 6.30. The lowest BCUT2D eigenvalue weighted by molar-refractivity contribution is -0.137. The van der Waals surface area contributed by atoms with Gasteiger partial charge in [-0.1, -0.05) is 23.7 Å². The van der Waals surface area contributed by atoms with Crippen molar-refractivity contribution in [3.8, 4) is 0 Å². The van der Waals surface area contributed by atoms with E-state index in [1.807, 2.05) is 0 Å². The first kappa shape index (κ1) is 13.7. The van der Waals surface area contributed by atoms with Gasteiger partial charge in [0.25, 0.3) is 0 Å². The van der Waals surface area contributed by atoms with Crippen LogP contribution in [0.2, 0.25) is 5.02 Å². The molecule has 2 nitrogen and oxygen atoms in total. The molecule has 1 aromatic carbocycles. The number of anilines is 1. The summed E-state index contributed by atoms with van der Waals surface area (Å²) in [5.74, 6) is -0.176. The Kier molecular flexibility index (Phi) is 3.95. The van der Waals surface area contributed by atoms with Gasteiger partial charge in [-0.2, -0.15) is 13.2 Å². The summed E-state index contributed by atoms with van der Waals surface area (Å²) in [6.45, 7) is 0.247. The minimum Gasteiger partial charge on any atom is -0.365 e. The zero-order chi connectivity index (χ0) is 13.9. The number of aromatic nitrogens is 1. The van der Waals surface area contributed by atoms with Crippen LogP contribution in [-0.2, 0) is 12.7 Å². The Labute approximate surface area is 113 Å². The Morgan fingerprint density at radius 2 is 1.79 bits per heavy atom. The van der Waals surface area contributed by atoms with E-state index >= 15 is 0 Å². The second-order valence-electron chi connectivity index (χ2n) is 3.88. The Morgan fingerprint density at radius 1 is 1.11 bits per heavy atom. The van der Waals surface area contributed by atoms with Crippen molar-refractivity contribution in [3.05, 3.63) is 58.7 Å². The molecule has 1 N–H and O–H groups in total. The predicted molar refractivity (Wildman–Crippen MR) is 68.0 cm³/mol. The molecule has 0 spiro atoms. The maximum Gasteiger partial charge on any atom is 0.419 e. The highest BCUT2D eigenvalue weighted by Gasteiger charge is 2.33. The van der Waals surface area contributed by atoms with E-state index in [4.69, 9.17) is 11.6 Å². The first-order valence-electron chi connectivity index (χ1n) is 5.47. The van der Waals surface area contributed by atoms with Gasteiger partial charge < -0.3 is 5.32 Å². The fourth-order valence-electron chi connectivity index (χ4n) is 1.56. The summed E-state index contributed by atoms with van der Waals surface area (Å²) in [5.41, 5.74) is 0.0483. The van der Waals surface area contributed by atoms with E-state index in [9.17, 15) is 13.2 Å². The molecule has 0 amide bonds. The highest BCUT2D eigenvalue weighted by Crippen LogP contribution is 2.33. The van der Waals surface area contributed by atoms with Crippen LogP contribution in [0, 0.1) is 0 Å². The van der Waals surface area contributed by atoms with Crippen LogP contribution in [0.3, 0.4) is 0 Å². The summed E-state index contributed by atoms with van der Waals surface area (Å²) < 4.78 is 38.2. The molecule has 0 aliphatic heterocycles. The molecule has 0 radical (unpaired) electrons. The van der Waals surface area contributed by atoms with Crippen LogP contribution in [0.15, 0.2) is 42.6 Å². The van der Waals surface area contributed by atoms with Gasteiger partial charge >= 0.3 is 6.18 Å². The van der Waals surface area contributed by atoms with Crippen molar-refractivity contribution in [1.29, 1.82) is 0 Å². The van der Waals surface area contributed by atoms with E-state index in [2.05, 4.69) is 10.3 Å². The third-order valence-corrected chi connectivity index (χ3v) is 2.74. The molecule has 2 rings (SSSR count). The predicted octanol–water partition coefficient (Wildman–Crippen LogP) is 4.37. The maximum absolute atomic E-state index is 12.7. The van der Waals surface area contributed by atoms with Gasteiger partial charge in [0.1, 0.15) is 5.82 Å². The van der Waals surface area contributed by atoms with Crippen LogP contribution in [0.5, 0.6) is 0 Å². The maximum atomic E-state index is 12.7. The van der Waals surface area contributed by atoms with E-state index in [1.54, 1.807) is 24.3 Å². The molecule has 1 heterocycles. The standard InChI is InChI=1S/C13H10ClF3N2/c14-10-5-3-9(4-6-10)8-19-12-11(13(15,16)17)2-1-7-18-12/h1-7H,8H2,(H,18,19). The molecule has 0 saturated carbocycles. The number of hydrogen-bond donors (Lipinski definition) is 1. The normalized spacial score (nSPS) is 11.4. The van der Waals surface area contributed by atoms with Crippen molar-refractivity contribution in [2.75, 3.05) is 5.32 Å². The smallest absolute Gasteiger partial charge is 0.365 e. The number of pyridine rings is 1. The molecule has 6 heteroatoms. The van der Waals surface area contributed by atoms with Crippen molar-refractivity contribution in [3.63, 3.8) is 0 Å². The minimum absolute atomic E-state index is 0.176. The topological polar surface area (TPSA) is 24.9 Å². The summed E-state index contributed by atoms with van der Waals surface area (Å²) in [4.78, 5) is 3.72. The van der Waals surface area contributed by atoms with Gasteiger partial charge in [-0.25, -0.2) is 4.98 Å². The second-order valence-corrected chi connectivity index (χ2v) is 4.31. The van der Waals surface area contributed by atoms with Crippen LogP contribution in [0.4, 0.5) is 19.0 Å². The summed E-state index contributed by atoms with van der Waals surface area (Å²) in [5, 5.41) is 3.26. The van der Waals surface area contributed by atoms with Gasteiger partial charge in [0, 0.05) is 17.8 Å². The van der Waals surface area contributed by atoms with Crippen LogP contribution in [0.25, 0.3) is 0 Å². The van der Waals surface area contributed by atoms with Gasteiger partial charge in [-0.05, 0) is 29.8 Å². The molecular formula is C13H10ClF3N2. The first-order valence-corrected chi connectivity index (χ1v) is 5.85. The van der Waals surface area contributed by atoms with Crippen molar-refractivity contribution in [2.24, 2.45) is 0 Å². The summed E-state index contributed by atoms with van der Waals surface area (Å²) in [7, 11) is 0. The second kappa shape index (κ2) is 5.48. The molecule has 0 aliphatic carbocycles. The number of benzene rings is 1. The Hall–Kier alpha value is -1.75. The number of nitrogens with one attached hydrogen (secondary N) is 1. The molecule has 100 valence electrons. The number of halogens is 4. The fraction of sp³-hybridized carbons (Fsp3) is 0.154. The lowest BCUT2D eigenvalue weighted by atomic mass is 10.2. The molecule has 0 aliphatic rings. The van der Waals surface area contributed by atoms with Gasteiger partial charge in [-0.3, -0.25) is 0 Å². The minimum atomic E-state index is -4.42. The van der Waals surface area contributed by atoms with E-state index in [0.29, 0.717) is 5.02 Å². The Bertz CT molecular complexity index is 553. The van der Waals surface area contributed by atoms with Gasteiger partial charge in [0.2, 0.25) is 0 Å². The third-order valence-electron chi connectivity index (χ3n) is 2.49. The molecule has 0 unspecified atom stereocenters. The Morgan fingerprint density at radius 3 is 2.42 bits per heavy atom. The number of hydrogen-bond acceptors (Lipinski definition) is 2. The van der Waals surface area contributed by atoms with Crippen molar-refractivity contribution in [2.45, 2.75) is 12.7 Å². The van der Waals surface area contributed by atoms with Crippen LogP contribution >= 0.6 is 11.6 Å². The first-order chi connectivity index (χ1) is 8.97. The third kappa shape index (κ3) is 3.61. The van der Waals surface area contributed by atoms with E-state index in [1.165, 1.54) is 12.3 Å². The molecule has 0 bridgehead atoms. The Balaban J connectivity index is 2.14. The quantitative estimate of drug-likeness (QED) is 0.906. The van der Waals surface area contributed by atoms with Crippen LogP contribution in [0.1, 0.15) is 11.1 Å². The van der Waals surface area contributed by atoms with Crippen molar-refractivity contribution < 1.29 is 13.2 Å². The molecule has 1 aromatic heterocycles. The SMILES string of the molecule is FC(F)(F)c1cccnc1NCc1ccc(Cl)cc1. The number of rotatable bonds is 3. The molecule has 19 heavy (non-hydrogen) atoms. The lowest BCUT2D eigenvalue weighted by Crippen LogP contribution is -2.12. The average Bonchev–Trinajstić information content (AvgIpc) is 2.37. The largest absolute Gasteiger partial charge is 0.419 e. The molecule has 2 aromatic rings. The fourth-order valence-corrected chi connectivity index (χ4v) is 1.69. The lowest BCUT2D eigenvalue weighted by Gasteiger charge is -2.13. The zero-order valence-electron chi connectivity index (χ0n) is 9.71. The highest BCUT2D eigenvalue weighted by atomic mass is 35.5. The molecule has 0 fully saturated rings. The summed E-state index contributed by atoms with van der Waals surface area (Å²) >= 11 is 5.73. The van der Waals surface area contributed by atoms with Crippen LogP contribution in [-0.4, -0.2) is 4.98 Å². The van der Waals surface area contributed by atoms with E-state index in [0.717, 1.165) is 11.6 Å². The summed E-state index contributed by atoms with van der Waals surface area (Å²) in [6.07, 6.45) is -3.10. The molecular weight excluding hydrogens is 277 g/mol. The van der Waals surface area contributed by atoms with Crippen molar-refractivity contribution >= 4 is 17.4 Å². The monoisotopic (exact) mass is 286 g/mol. The number of nitrogens with zero attached hydrogens (tertiary/aromatic N) is 1. The van der Waals surface area contributed by atoms with Gasteiger partial charge in [-0.15, -0.1) is 0 Å². The molecule has 0 atom stereocenters. The van der Waals surface area contributed by atoms with E-state index < -0.39 is 11.7 Å². The van der Waals surface area contributed by atoms with Gasteiger partial charge in [0.15, 0.2) is 0 Å². The summed E-state index contributed by atoms with van der Waals surface area (Å²) in [6, 6.07) is 9.11. The average molecular weight is 287 g/mol. The molecule has 0 saturated heterocycles. The van der Waals surface area contributed by atoms with Gasteiger partial charge in [0.05, 0.1) is 5.56 Å².